The standard InChI is InChI=1S/C30H30ClF3N6O4S/c1-17-11-25-28(35-14-17)39-9-4-3-5-21(39)16-38(45(25,43)44)15-20-12-19(6-7-24(20)31)23(13-26(41)42)22-8-10-40-27(18(22)2)36-37-29(40)30(32,33)34/h6-8,10-12,14,21,23H,3-5,9,13,15-16H2,1-2H3,(H,41,42)/t21-,23-/m0/s1. The number of aliphatic carboxylic acids is 1. The Morgan fingerprint density at radius 1 is 1.16 bits per heavy atom. The number of carboxylic acid groups (broad SMARTS) is 1. The number of carboxylic acids is 1. The van der Waals surface area contributed by atoms with Crippen molar-refractivity contribution in [1.29, 1.82) is 0 Å². The van der Waals surface area contributed by atoms with Crippen molar-refractivity contribution in [2.75, 3.05) is 18.0 Å². The van der Waals surface area contributed by atoms with Gasteiger partial charge in [0.2, 0.25) is 15.8 Å². The van der Waals surface area contributed by atoms with Crippen LogP contribution < -0.4 is 4.90 Å². The Morgan fingerprint density at radius 3 is 2.67 bits per heavy atom. The van der Waals surface area contributed by atoms with Crippen molar-refractivity contribution in [2.24, 2.45) is 0 Å². The van der Waals surface area contributed by atoms with Gasteiger partial charge in [0.15, 0.2) is 5.65 Å². The summed E-state index contributed by atoms with van der Waals surface area (Å²) in [6.07, 6.45) is 0.439. The second kappa shape index (κ2) is 11.6. The molecule has 0 bridgehead atoms. The fourth-order valence-electron chi connectivity index (χ4n) is 6.40. The van der Waals surface area contributed by atoms with Crippen LogP contribution >= 0.6 is 11.6 Å². The number of hydrogen-bond donors (Lipinski definition) is 1. The van der Waals surface area contributed by atoms with Crippen LogP contribution in [0.1, 0.15) is 65.2 Å². The first-order valence-corrected chi connectivity index (χ1v) is 16.2. The molecule has 0 unspecified atom stereocenters. The number of nitrogens with zero attached hydrogens (tertiary/aromatic N) is 6. The number of aryl methyl sites for hydroxylation is 2. The van der Waals surface area contributed by atoms with Gasteiger partial charge in [-0.05, 0) is 79.1 Å². The summed E-state index contributed by atoms with van der Waals surface area (Å²) >= 11 is 6.63. The number of sulfonamides is 1. The number of pyridine rings is 2. The molecule has 2 aliphatic heterocycles. The molecule has 2 aliphatic rings. The molecule has 15 heteroatoms. The van der Waals surface area contributed by atoms with Crippen LogP contribution in [0.2, 0.25) is 5.02 Å². The Bertz CT molecular complexity index is 1920. The number of benzene rings is 1. The monoisotopic (exact) mass is 662 g/mol. The number of hydrogen-bond acceptors (Lipinski definition) is 7. The lowest BCUT2D eigenvalue weighted by Gasteiger charge is -2.36. The number of anilines is 1. The number of piperidine rings is 1. The van der Waals surface area contributed by atoms with E-state index in [0.717, 1.165) is 23.7 Å². The molecular weight excluding hydrogens is 633 g/mol. The predicted octanol–water partition coefficient (Wildman–Crippen LogP) is 5.58. The fourth-order valence-corrected chi connectivity index (χ4v) is 8.27. The normalized spacial score (nSPS) is 19.2. The second-order valence-electron chi connectivity index (χ2n) is 11.6. The molecule has 1 saturated heterocycles. The lowest BCUT2D eigenvalue weighted by Crippen LogP contribution is -2.45. The highest BCUT2D eigenvalue weighted by Gasteiger charge is 2.40. The van der Waals surface area contributed by atoms with Gasteiger partial charge in [0.1, 0.15) is 10.7 Å². The van der Waals surface area contributed by atoms with Crippen molar-refractivity contribution in [3.05, 3.63) is 81.4 Å². The van der Waals surface area contributed by atoms with Crippen molar-refractivity contribution in [3.8, 4) is 0 Å². The van der Waals surface area contributed by atoms with E-state index in [9.17, 15) is 31.5 Å². The molecule has 2 atom stereocenters. The number of rotatable bonds is 6. The number of halogens is 4. The number of aromatic nitrogens is 4. The van der Waals surface area contributed by atoms with Crippen LogP contribution in [-0.2, 0) is 27.5 Å². The van der Waals surface area contributed by atoms with Crippen LogP contribution in [0.15, 0.2) is 47.6 Å². The summed E-state index contributed by atoms with van der Waals surface area (Å²) < 4.78 is 70.8. The summed E-state index contributed by atoms with van der Waals surface area (Å²) in [6.45, 7) is 4.21. The van der Waals surface area contributed by atoms with E-state index >= 15 is 0 Å². The van der Waals surface area contributed by atoms with Gasteiger partial charge in [0.05, 0.1) is 6.42 Å². The minimum Gasteiger partial charge on any atom is -0.481 e. The van der Waals surface area contributed by atoms with E-state index in [4.69, 9.17) is 11.6 Å². The average Bonchev–Trinajstić information content (AvgIpc) is 3.40. The van der Waals surface area contributed by atoms with E-state index in [2.05, 4.69) is 20.1 Å². The topological polar surface area (TPSA) is 121 Å². The van der Waals surface area contributed by atoms with Gasteiger partial charge in [-0.1, -0.05) is 23.7 Å². The summed E-state index contributed by atoms with van der Waals surface area (Å²) in [6, 6.07) is 7.91. The maximum absolute atomic E-state index is 14.1. The second-order valence-corrected chi connectivity index (χ2v) is 13.9. The third kappa shape index (κ3) is 5.74. The SMILES string of the molecule is Cc1cnc2c(c1)S(=O)(=O)N(Cc1cc([C@H](CC(=O)O)c3ccn4c(C(F)(F)F)nnc4c3C)ccc1Cl)C[C@@H]1CCCCN21. The van der Waals surface area contributed by atoms with Crippen LogP contribution in [0.25, 0.3) is 5.65 Å². The highest BCUT2D eigenvalue weighted by Crippen LogP contribution is 2.39. The van der Waals surface area contributed by atoms with Gasteiger partial charge in [0, 0.05) is 49.0 Å². The fraction of sp³-hybridized carbons (Fsp3) is 0.400. The molecule has 0 amide bonds. The quantitative estimate of drug-likeness (QED) is 0.284. The first-order chi connectivity index (χ1) is 21.3. The van der Waals surface area contributed by atoms with Gasteiger partial charge in [0.25, 0.3) is 0 Å². The van der Waals surface area contributed by atoms with Crippen LogP contribution in [0.5, 0.6) is 0 Å². The third-order valence-corrected chi connectivity index (χ3v) is 10.8. The molecular formula is C30H30ClF3N6O4S. The third-order valence-electron chi connectivity index (χ3n) is 8.59. The van der Waals surface area contributed by atoms with E-state index in [1.165, 1.54) is 16.6 Å². The van der Waals surface area contributed by atoms with Crippen LogP contribution in [0.4, 0.5) is 19.0 Å². The molecule has 1 fully saturated rings. The first kappa shape index (κ1) is 31.2. The Labute approximate surface area is 262 Å². The average molecular weight is 663 g/mol. The minimum atomic E-state index is -4.73. The zero-order valence-corrected chi connectivity index (χ0v) is 26.0. The summed E-state index contributed by atoms with van der Waals surface area (Å²) in [7, 11) is -3.99. The van der Waals surface area contributed by atoms with Crippen molar-refractivity contribution in [2.45, 2.75) is 69.1 Å². The summed E-state index contributed by atoms with van der Waals surface area (Å²) in [5.74, 6) is -2.66. The summed E-state index contributed by atoms with van der Waals surface area (Å²) in [4.78, 5) is 18.8. The van der Waals surface area contributed by atoms with E-state index in [-0.39, 0.29) is 36.1 Å². The smallest absolute Gasteiger partial charge is 0.452 e. The maximum atomic E-state index is 14.1. The van der Waals surface area contributed by atoms with Crippen LogP contribution in [-0.4, -0.2) is 62.5 Å². The van der Waals surface area contributed by atoms with Gasteiger partial charge in [-0.15, -0.1) is 10.2 Å². The largest absolute Gasteiger partial charge is 0.481 e. The Morgan fingerprint density at radius 2 is 1.93 bits per heavy atom. The van der Waals surface area contributed by atoms with Crippen molar-refractivity contribution in [3.63, 3.8) is 0 Å². The molecule has 10 nitrogen and oxygen atoms in total. The summed E-state index contributed by atoms with van der Waals surface area (Å²) in [5, 5.41) is 17.2. The number of fused-ring (bicyclic) bond motifs is 4. The van der Waals surface area contributed by atoms with Gasteiger partial charge in [-0.2, -0.15) is 17.5 Å². The van der Waals surface area contributed by atoms with E-state index < -0.39 is 33.9 Å². The molecule has 6 rings (SSSR count). The van der Waals surface area contributed by atoms with E-state index in [1.54, 1.807) is 44.3 Å². The van der Waals surface area contributed by atoms with Crippen molar-refractivity contribution in [1.82, 2.24) is 23.9 Å². The molecule has 0 spiro atoms. The van der Waals surface area contributed by atoms with E-state index in [0.29, 0.717) is 45.2 Å². The number of carbonyl (C=O) groups is 1. The van der Waals surface area contributed by atoms with Crippen molar-refractivity contribution < 1.29 is 31.5 Å². The molecule has 3 aromatic heterocycles. The lowest BCUT2D eigenvalue weighted by atomic mass is 9.86. The van der Waals surface area contributed by atoms with Gasteiger partial charge < -0.3 is 10.0 Å². The number of alkyl halides is 3. The molecule has 0 aliphatic carbocycles. The molecule has 238 valence electrons. The molecule has 45 heavy (non-hydrogen) atoms. The molecule has 4 aromatic rings. The molecule has 1 aromatic carbocycles. The molecule has 0 radical (unpaired) electrons. The highest BCUT2D eigenvalue weighted by molar-refractivity contribution is 7.89. The van der Waals surface area contributed by atoms with Crippen LogP contribution in [0.3, 0.4) is 0 Å². The zero-order valence-electron chi connectivity index (χ0n) is 24.4. The lowest BCUT2D eigenvalue weighted by molar-refractivity contribution is -0.145. The summed E-state index contributed by atoms with van der Waals surface area (Å²) in [5.41, 5.74) is 2.46. The zero-order chi connectivity index (χ0) is 32.3. The van der Waals surface area contributed by atoms with Gasteiger partial charge >= 0.3 is 12.1 Å². The molecule has 5 heterocycles. The van der Waals surface area contributed by atoms with Crippen molar-refractivity contribution >= 4 is 39.1 Å². The molecule has 1 N–H and O–H groups in total. The van der Waals surface area contributed by atoms with E-state index in [1.807, 2.05) is 0 Å². The maximum Gasteiger partial charge on any atom is 0.452 e. The first-order valence-electron chi connectivity index (χ1n) is 14.4. The Hall–Kier alpha value is -3.75. The Balaban J connectivity index is 1.41. The van der Waals surface area contributed by atoms with Gasteiger partial charge in [-0.3, -0.25) is 9.20 Å². The van der Waals surface area contributed by atoms with Gasteiger partial charge in [-0.25, -0.2) is 13.4 Å². The predicted molar refractivity (Wildman–Crippen MR) is 160 cm³/mol. The minimum absolute atomic E-state index is 0.0420. The highest BCUT2D eigenvalue weighted by atomic mass is 35.5. The Kier molecular flexibility index (Phi) is 8.02. The van der Waals surface area contributed by atoms with Crippen LogP contribution in [0, 0.1) is 13.8 Å². The molecule has 0 saturated carbocycles.